The van der Waals surface area contributed by atoms with Crippen molar-refractivity contribution in [2.45, 2.75) is 38.2 Å². The van der Waals surface area contributed by atoms with Crippen LogP contribution in [0.2, 0.25) is 5.02 Å². The molecule has 0 aromatic heterocycles. The van der Waals surface area contributed by atoms with E-state index in [-0.39, 0.29) is 17.8 Å². The highest BCUT2D eigenvalue weighted by atomic mass is 35.5. The summed E-state index contributed by atoms with van der Waals surface area (Å²) in [6.45, 7) is 0.858. The Kier molecular flexibility index (Phi) is 8.80. The van der Waals surface area contributed by atoms with Crippen LogP contribution in [0.3, 0.4) is 0 Å². The lowest BCUT2D eigenvalue weighted by molar-refractivity contribution is -0.253. The number of hydrogen-bond donors (Lipinski definition) is 1. The zero-order valence-electron chi connectivity index (χ0n) is 19.3. The number of nitrogens with zero attached hydrogens (tertiary/aromatic N) is 1. The van der Waals surface area contributed by atoms with Crippen LogP contribution >= 0.6 is 11.6 Å². The third kappa shape index (κ3) is 7.90. The first-order valence-electron chi connectivity index (χ1n) is 10.8. The van der Waals surface area contributed by atoms with Gasteiger partial charge in [-0.3, -0.25) is 0 Å². The average molecular weight is 551 g/mol. The topological polar surface area (TPSA) is 47.7 Å². The molecule has 0 aliphatic rings. The third-order valence-electron chi connectivity index (χ3n) is 5.17. The zero-order valence-corrected chi connectivity index (χ0v) is 20.0. The third-order valence-corrected chi connectivity index (χ3v) is 5.59. The maximum atomic E-state index is 13.3. The number of halogens is 8. The lowest BCUT2D eigenvalue weighted by Crippen LogP contribution is -2.47. The van der Waals surface area contributed by atoms with Crippen molar-refractivity contribution in [2.75, 3.05) is 11.4 Å². The maximum Gasteiger partial charge on any atom is 0.461 e. The van der Waals surface area contributed by atoms with Crippen molar-refractivity contribution in [3.8, 4) is 17.2 Å². The van der Waals surface area contributed by atoms with Gasteiger partial charge in [0, 0.05) is 29.9 Å². The summed E-state index contributed by atoms with van der Waals surface area (Å²) in [6.07, 6.45) is -13.5. The molecule has 1 unspecified atom stereocenters. The monoisotopic (exact) mass is 550 g/mol. The van der Waals surface area contributed by atoms with Gasteiger partial charge in [0.1, 0.15) is 23.3 Å². The van der Waals surface area contributed by atoms with E-state index < -0.39 is 37.0 Å². The Hall–Kier alpha value is -3.18. The number of alkyl halides is 7. The second-order valence-corrected chi connectivity index (χ2v) is 8.56. The predicted molar refractivity (Wildman–Crippen MR) is 126 cm³/mol. The lowest BCUT2D eigenvalue weighted by atomic mass is 10.1. The van der Waals surface area contributed by atoms with Crippen molar-refractivity contribution in [3.05, 3.63) is 82.9 Å². The highest BCUT2D eigenvalue weighted by Gasteiger charge is 2.44. The molecule has 200 valence electrons. The fourth-order valence-corrected chi connectivity index (χ4v) is 3.41. The van der Waals surface area contributed by atoms with Gasteiger partial charge in [-0.25, -0.2) is 0 Å². The van der Waals surface area contributed by atoms with Gasteiger partial charge >= 0.3 is 18.7 Å². The standard InChI is InChI=1S/C25H22ClF7N2O2/c1-15-10-19(8-9-21(15)26)36-18-6-3-5-17(12-18)35(14-22(34)24(29,30)31)13-16-4-2-7-20(11-16)37-25(32,33)23(27)28/h2-12,22-23H,13-14,34H2,1H3. The molecular weight excluding hydrogens is 529 g/mol. The summed E-state index contributed by atoms with van der Waals surface area (Å²) in [5.41, 5.74) is 6.62. The number of ether oxygens (including phenoxy) is 2. The molecule has 3 rings (SSSR count). The number of nitrogens with two attached hydrogens (primary N) is 1. The van der Waals surface area contributed by atoms with Crippen LogP contribution in [0.1, 0.15) is 11.1 Å². The fraction of sp³-hybridized carbons (Fsp3) is 0.280. The van der Waals surface area contributed by atoms with Gasteiger partial charge in [-0.1, -0.05) is 29.8 Å². The van der Waals surface area contributed by atoms with Gasteiger partial charge in [0.15, 0.2) is 0 Å². The quantitative estimate of drug-likeness (QED) is 0.264. The molecule has 12 heteroatoms. The van der Waals surface area contributed by atoms with Crippen molar-refractivity contribution in [3.63, 3.8) is 0 Å². The van der Waals surface area contributed by atoms with Crippen LogP contribution in [0.5, 0.6) is 17.2 Å². The minimum absolute atomic E-state index is 0.219. The smallest absolute Gasteiger partial charge is 0.457 e. The molecular formula is C25H22ClF7N2O2. The van der Waals surface area contributed by atoms with Crippen molar-refractivity contribution >= 4 is 17.3 Å². The summed E-state index contributed by atoms with van der Waals surface area (Å²) < 4.78 is 101. The zero-order chi connectivity index (χ0) is 27.4. The van der Waals surface area contributed by atoms with Gasteiger partial charge in [-0.15, -0.1) is 0 Å². The largest absolute Gasteiger partial charge is 0.461 e. The number of hydrogen-bond acceptors (Lipinski definition) is 4. The molecule has 0 fully saturated rings. The molecule has 0 saturated carbocycles. The molecule has 0 bridgehead atoms. The van der Waals surface area contributed by atoms with Crippen LogP contribution in [-0.2, 0) is 6.54 Å². The highest BCUT2D eigenvalue weighted by molar-refractivity contribution is 6.31. The Balaban J connectivity index is 1.89. The van der Waals surface area contributed by atoms with Gasteiger partial charge < -0.3 is 20.1 Å². The Labute approximate surface area is 213 Å². The molecule has 0 spiro atoms. The van der Waals surface area contributed by atoms with Gasteiger partial charge in [0.2, 0.25) is 0 Å². The first-order chi connectivity index (χ1) is 17.2. The molecule has 0 radical (unpaired) electrons. The van der Waals surface area contributed by atoms with E-state index in [1.54, 1.807) is 37.3 Å². The molecule has 1 atom stereocenters. The van der Waals surface area contributed by atoms with Crippen LogP contribution in [-0.4, -0.2) is 31.3 Å². The van der Waals surface area contributed by atoms with E-state index in [0.717, 1.165) is 17.7 Å². The summed E-state index contributed by atoms with van der Waals surface area (Å²) in [5, 5.41) is 0.533. The number of aryl methyl sites for hydroxylation is 1. The summed E-state index contributed by atoms with van der Waals surface area (Å²) in [5.74, 6) is 0.180. The van der Waals surface area contributed by atoms with E-state index >= 15 is 0 Å². The summed E-state index contributed by atoms with van der Waals surface area (Å²) >= 11 is 6.02. The Bertz CT molecular complexity index is 1210. The summed E-state index contributed by atoms with van der Waals surface area (Å²) in [7, 11) is 0. The highest BCUT2D eigenvalue weighted by Crippen LogP contribution is 2.32. The minimum atomic E-state index is -4.73. The number of benzene rings is 3. The van der Waals surface area contributed by atoms with Crippen LogP contribution in [0.25, 0.3) is 0 Å². The lowest BCUT2D eigenvalue weighted by Gasteiger charge is -2.29. The summed E-state index contributed by atoms with van der Waals surface area (Å²) in [4.78, 5) is 1.27. The number of anilines is 1. The molecule has 37 heavy (non-hydrogen) atoms. The number of rotatable bonds is 10. The van der Waals surface area contributed by atoms with E-state index in [2.05, 4.69) is 4.74 Å². The van der Waals surface area contributed by atoms with Gasteiger partial charge in [0.25, 0.3) is 0 Å². The Morgan fingerprint density at radius 3 is 2.19 bits per heavy atom. The molecule has 3 aromatic carbocycles. The van der Waals surface area contributed by atoms with Crippen LogP contribution in [0.15, 0.2) is 66.7 Å². The van der Waals surface area contributed by atoms with Crippen molar-refractivity contribution in [1.29, 1.82) is 0 Å². The molecule has 0 aliphatic heterocycles. The molecule has 0 aliphatic carbocycles. The van der Waals surface area contributed by atoms with Crippen molar-refractivity contribution in [1.82, 2.24) is 0 Å². The van der Waals surface area contributed by atoms with E-state index in [9.17, 15) is 30.7 Å². The first-order valence-corrected chi connectivity index (χ1v) is 11.2. The van der Waals surface area contributed by atoms with Crippen LogP contribution in [0.4, 0.5) is 36.4 Å². The molecule has 3 aromatic rings. The summed E-state index contributed by atoms with van der Waals surface area (Å²) in [6, 6.07) is 13.6. The second-order valence-electron chi connectivity index (χ2n) is 8.15. The SMILES string of the molecule is Cc1cc(Oc2cccc(N(Cc3cccc(OC(F)(F)C(F)F)c3)CC(N)C(F)(F)F)c2)ccc1Cl. The van der Waals surface area contributed by atoms with E-state index in [1.165, 1.54) is 29.2 Å². The Morgan fingerprint density at radius 2 is 1.54 bits per heavy atom. The van der Waals surface area contributed by atoms with E-state index in [1.807, 2.05) is 0 Å². The molecule has 0 saturated heterocycles. The first kappa shape index (κ1) is 28.4. The van der Waals surface area contributed by atoms with Gasteiger partial charge in [0.05, 0.1) is 0 Å². The van der Waals surface area contributed by atoms with Crippen LogP contribution in [0, 0.1) is 6.92 Å². The average Bonchev–Trinajstić information content (AvgIpc) is 2.80. The normalized spacial score (nSPS) is 12.9. The second kappa shape index (κ2) is 11.5. The van der Waals surface area contributed by atoms with E-state index in [4.69, 9.17) is 22.1 Å². The fourth-order valence-electron chi connectivity index (χ4n) is 3.29. The molecule has 0 amide bonds. The van der Waals surface area contributed by atoms with Gasteiger partial charge in [-0.05, 0) is 60.5 Å². The predicted octanol–water partition coefficient (Wildman–Crippen LogP) is 7.57. The molecule has 0 heterocycles. The van der Waals surface area contributed by atoms with E-state index in [0.29, 0.717) is 16.5 Å². The molecule has 2 N–H and O–H groups in total. The maximum absolute atomic E-state index is 13.3. The van der Waals surface area contributed by atoms with Crippen molar-refractivity contribution in [2.24, 2.45) is 5.73 Å². The van der Waals surface area contributed by atoms with Crippen molar-refractivity contribution < 1.29 is 40.2 Å². The van der Waals surface area contributed by atoms with Gasteiger partial charge in [-0.2, -0.15) is 30.7 Å². The van der Waals surface area contributed by atoms with Crippen LogP contribution < -0.4 is 20.1 Å². The minimum Gasteiger partial charge on any atom is -0.457 e. The Morgan fingerprint density at radius 1 is 0.892 bits per heavy atom. The molecule has 4 nitrogen and oxygen atoms in total.